The van der Waals surface area contributed by atoms with Crippen molar-refractivity contribution in [1.29, 1.82) is 0 Å². The maximum Gasteiger partial charge on any atom is 0.223 e. The van der Waals surface area contributed by atoms with E-state index < -0.39 is 0 Å². The maximum atomic E-state index is 13.4. The van der Waals surface area contributed by atoms with Gasteiger partial charge in [0.1, 0.15) is 5.82 Å². The third-order valence-corrected chi connectivity index (χ3v) is 6.65. The third-order valence-electron chi connectivity index (χ3n) is 6.65. The van der Waals surface area contributed by atoms with Crippen LogP contribution in [-0.4, -0.2) is 41.7 Å². The maximum absolute atomic E-state index is 13.4. The quantitative estimate of drug-likeness (QED) is 0.383. The van der Waals surface area contributed by atoms with E-state index in [0.29, 0.717) is 39.3 Å². The molecule has 5 heteroatoms. The normalized spacial score (nSPS) is 14.9. The molecule has 1 saturated heterocycles. The summed E-state index contributed by atoms with van der Waals surface area (Å²) in [6, 6.07) is 23.4. The Morgan fingerprint density at radius 2 is 1.76 bits per heavy atom. The number of carbonyl (C=O) groups excluding carboxylic acids is 1. The van der Waals surface area contributed by atoms with E-state index in [1.54, 1.807) is 0 Å². The van der Waals surface area contributed by atoms with Gasteiger partial charge in [-0.3, -0.25) is 4.79 Å². The molecule has 0 saturated carbocycles. The summed E-state index contributed by atoms with van der Waals surface area (Å²) in [5.41, 5.74) is 5.61. The predicted octanol–water partition coefficient (Wildman–Crippen LogP) is 5.52. The van der Waals surface area contributed by atoms with E-state index in [1.165, 1.54) is 17.7 Å². The standard InChI is InChI=1S/C29H29FN2O2/c1-21-5-4-6-23(17-21)26(18-29(33)31-13-15-34-16-14-31)27-20-32(28-8-3-2-7-25(27)28)19-22-9-11-24(30)12-10-22/h2-12,17,20,26H,13-16,18-19H2,1H3. The number of morpholine rings is 1. The van der Waals surface area contributed by atoms with Gasteiger partial charge in [0, 0.05) is 49.1 Å². The number of aryl methyl sites for hydroxylation is 1. The van der Waals surface area contributed by atoms with Crippen LogP contribution in [0.1, 0.15) is 34.6 Å². The molecule has 1 amide bonds. The number of ether oxygens (including phenoxy) is 1. The van der Waals surface area contributed by atoms with Gasteiger partial charge in [-0.2, -0.15) is 0 Å². The molecule has 0 spiro atoms. The number of benzene rings is 3. The summed E-state index contributed by atoms with van der Waals surface area (Å²) in [5, 5.41) is 1.14. The Kier molecular flexibility index (Phi) is 6.45. The van der Waals surface area contributed by atoms with Gasteiger partial charge in [0.05, 0.1) is 13.2 Å². The zero-order valence-corrected chi connectivity index (χ0v) is 19.4. The molecule has 34 heavy (non-hydrogen) atoms. The molecule has 0 bridgehead atoms. The van der Waals surface area contributed by atoms with Crippen LogP contribution in [0.25, 0.3) is 10.9 Å². The second-order valence-electron chi connectivity index (χ2n) is 9.02. The lowest BCUT2D eigenvalue weighted by Gasteiger charge is -2.29. The van der Waals surface area contributed by atoms with Crippen molar-refractivity contribution in [2.75, 3.05) is 26.3 Å². The van der Waals surface area contributed by atoms with Crippen molar-refractivity contribution in [2.24, 2.45) is 0 Å². The molecule has 1 aliphatic heterocycles. The predicted molar refractivity (Wildman–Crippen MR) is 132 cm³/mol. The number of carbonyl (C=O) groups is 1. The van der Waals surface area contributed by atoms with E-state index in [0.717, 1.165) is 27.6 Å². The van der Waals surface area contributed by atoms with E-state index in [1.807, 2.05) is 29.2 Å². The van der Waals surface area contributed by atoms with Crippen molar-refractivity contribution in [3.05, 3.63) is 107 Å². The lowest BCUT2D eigenvalue weighted by molar-refractivity contribution is -0.135. The average Bonchev–Trinajstić information content (AvgIpc) is 3.22. The van der Waals surface area contributed by atoms with Gasteiger partial charge < -0.3 is 14.2 Å². The molecule has 1 aromatic heterocycles. The molecule has 5 rings (SSSR count). The molecule has 1 fully saturated rings. The highest BCUT2D eigenvalue weighted by molar-refractivity contribution is 5.87. The Balaban J connectivity index is 1.56. The minimum atomic E-state index is -0.233. The van der Waals surface area contributed by atoms with E-state index in [9.17, 15) is 9.18 Å². The lowest BCUT2D eigenvalue weighted by Crippen LogP contribution is -2.41. The first-order valence-electron chi connectivity index (χ1n) is 11.8. The molecule has 0 N–H and O–H groups in total. The van der Waals surface area contributed by atoms with Crippen LogP contribution >= 0.6 is 0 Å². The summed E-state index contributed by atoms with van der Waals surface area (Å²) in [5.74, 6) is -0.136. The number of aromatic nitrogens is 1. The van der Waals surface area contributed by atoms with Gasteiger partial charge in [0.25, 0.3) is 0 Å². The molecule has 174 valence electrons. The molecule has 3 aromatic carbocycles. The summed E-state index contributed by atoms with van der Waals surface area (Å²) in [6.07, 6.45) is 2.58. The molecular formula is C29H29FN2O2. The van der Waals surface area contributed by atoms with Crippen molar-refractivity contribution in [1.82, 2.24) is 9.47 Å². The molecule has 0 aliphatic carbocycles. The number of hydrogen-bond donors (Lipinski definition) is 0. The lowest BCUT2D eigenvalue weighted by atomic mass is 9.87. The first-order chi connectivity index (χ1) is 16.6. The molecule has 4 aromatic rings. The summed E-state index contributed by atoms with van der Waals surface area (Å²) >= 11 is 0. The van der Waals surface area contributed by atoms with Gasteiger partial charge in [-0.05, 0) is 41.8 Å². The average molecular weight is 457 g/mol. The fourth-order valence-corrected chi connectivity index (χ4v) is 4.88. The smallest absolute Gasteiger partial charge is 0.223 e. The minimum absolute atomic E-state index is 0.0605. The van der Waals surface area contributed by atoms with E-state index in [-0.39, 0.29) is 17.6 Å². The summed E-state index contributed by atoms with van der Waals surface area (Å²) < 4.78 is 21.1. The molecule has 1 aliphatic rings. The Morgan fingerprint density at radius 1 is 1.00 bits per heavy atom. The van der Waals surface area contributed by atoms with Crippen LogP contribution in [0.4, 0.5) is 4.39 Å². The number of rotatable bonds is 6. The highest BCUT2D eigenvalue weighted by Gasteiger charge is 2.26. The van der Waals surface area contributed by atoms with Gasteiger partial charge in [-0.1, -0.05) is 60.2 Å². The fraction of sp³-hybridized carbons (Fsp3) is 0.276. The van der Waals surface area contributed by atoms with Gasteiger partial charge in [0.2, 0.25) is 5.91 Å². The van der Waals surface area contributed by atoms with Crippen molar-refractivity contribution < 1.29 is 13.9 Å². The Labute approximate surface area is 199 Å². The first-order valence-corrected chi connectivity index (χ1v) is 11.8. The van der Waals surface area contributed by atoms with Crippen molar-refractivity contribution in [3.63, 3.8) is 0 Å². The summed E-state index contributed by atoms with van der Waals surface area (Å²) in [4.78, 5) is 15.3. The number of hydrogen-bond acceptors (Lipinski definition) is 2. The first kappa shape index (κ1) is 22.4. The molecule has 1 atom stereocenters. The van der Waals surface area contributed by atoms with Gasteiger partial charge >= 0.3 is 0 Å². The molecule has 4 nitrogen and oxygen atoms in total. The highest BCUT2D eigenvalue weighted by atomic mass is 19.1. The van der Waals surface area contributed by atoms with Gasteiger partial charge in [-0.15, -0.1) is 0 Å². The third kappa shape index (κ3) is 4.75. The number of fused-ring (bicyclic) bond motifs is 1. The van der Waals surface area contributed by atoms with E-state index in [4.69, 9.17) is 4.74 Å². The number of nitrogens with zero attached hydrogens (tertiary/aromatic N) is 2. The topological polar surface area (TPSA) is 34.5 Å². The highest BCUT2D eigenvalue weighted by Crippen LogP contribution is 2.36. The molecular weight excluding hydrogens is 427 g/mol. The summed E-state index contributed by atoms with van der Waals surface area (Å²) in [7, 11) is 0. The zero-order valence-electron chi connectivity index (χ0n) is 19.4. The fourth-order valence-electron chi connectivity index (χ4n) is 4.88. The van der Waals surface area contributed by atoms with Gasteiger partial charge in [0.15, 0.2) is 0 Å². The minimum Gasteiger partial charge on any atom is -0.378 e. The number of amides is 1. The van der Waals surface area contributed by atoms with E-state index >= 15 is 0 Å². The van der Waals surface area contributed by atoms with Crippen LogP contribution in [0.2, 0.25) is 0 Å². The van der Waals surface area contributed by atoms with Crippen LogP contribution in [0.3, 0.4) is 0 Å². The van der Waals surface area contributed by atoms with Crippen LogP contribution in [0, 0.1) is 12.7 Å². The summed E-state index contributed by atoms with van der Waals surface area (Å²) in [6.45, 7) is 5.20. The van der Waals surface area contributed by atoms with Crippen LogP contribution < -0.4 is 0 Å². The molecule has 2 heterocycles. The SMILES string of the molecule is Cc1cccc(C(CC(=O)N2CCOCC2)c2cn(Cc3ccc(F)cc3)c3ccccc23)c1. The monoisotopic (exact) mass is 456 g/mol. The zero-order chi connectivity index (χ0) is 23.5. The Bertz CT molecular complexity index is 1290. The second-order valence-corrected chi connectivity index (χ2v) is 9.02. The number of halogens is 1. The van der Waals surface area contributed by atoms with Crippen LogP contribution in [-0.2, 0) is 16.1 Å². The van der Waals surface area contributed by atoms with Crippen molar-refractivity contribution in [2.45, 2.75) is 25.8 Å². The largest absolute Gasteiger partial charge is 0.378 e. The van der Waals surface area contributed by atoms with Crippen LogP contribution in [0.5, 0.6) is 0 Å². The number of para-hydroxylation sites is 1. The molecule has 0 radical (unpaired) electrons. The van der Waals surface area contributed by atoms with E-state index in [2.05, 4.69) is 54.1 Å². The second kappa shape index (κ2) is 9.82. The van der Waals surface area contributed by atoms with Crippen LogP contribution in [0.15, 0.2) is 79.0 Å². The Morgan fingerprint density at radius 3 is 2.53 bits per heavy atom. The van der Waals surface area contributed by atoms with Crippen molar-refractivity contribution in [3.8, 4) is 0 Å². The van der Waals surface area contributed by atoms with Gasteiger partial charge in [-0.25, -0.2) is 4.39 Å². The Hall–Kier alpha value is -3.44. The van der Waals surface area contributed by atoms with Crippen molar-refractivity contribution >= 4 is 16.8 Å². The molecule has 1 unspecified atom stereocenters.